The van der Waals surface area contributed by atoms with Crippen LogP contribution in [-0.4, -0.2) is 31.1 Å². The van der Waals surface area contributed by atoms with Crippen LogP contribution >= 0.6 is 0 Å². The van der Waals surface area contributed by atoms with Crippen LogP contribution in [0.4, 0.5) is 0 Å². The first-order chi connectivity index (χ1) is 5.00. The van der Waals surface area contributed by atoms with Crippen molar-refractivity contribution in [1.29, 1.82) is 0 Å². The van der Waals surface area contributed by atoms with Crippen molar-refractivity contribution in [3.63, 3.8) is 0 Å². The van der Waals surface area contributed by atoms with Crippen LogP contribution in [0.3, 0.4) is 0 Å². The molecule has 1 rings (SSSR count). The molecule has 1 N–H and O–H groups in total. The summed E-state index contributed by atoms with van der Waals surface area (Å²) in [5.74, 6) is 0. The van der Waals surface area contributed by atoms with E-state index in [0.29, 0.717) is 6.42 Å². The third kappa shape index (κ3) is 2.45. The Balaban J connectivity index is 2.60. The Labute approximate surface area is 67.3 Å². The van der Waals surface area contributed by atoms with Crippen LogP contribution < -0.4 is 0 Å². The lowest BCUT2D eigenvalue weighted by Gasteiger charge is -2.23. The number of hydrogen-bond donors (Lipinski definition) is 1. The van der Waals surface area contributed by atoms with E-state index in [1.807, 2.05) is 0 Å². The fourth-order valence-corrected chi connectivity index (χ4v) is 2.68. The summed E-state index contributed by atoms with van der Waals surface area (Å²) in [6.07, 6.45) is 3.58. The average Bonchev–Trinajstić information content (AvgIpc) is 1.86. The van der Waals surface area contributed by atoms with E-state index in [4.69, 9.17) is 0 Å². The summed E-state index contributed by atoms with van der Waals surface area (Å²) in [6.45, 7) is 0. The molecule has 0 heterocycles. The highest BCUT2D eigenvalue weighted by Crippen LogP contribution is 2.23. The number of sulfone groups is 1. The largest absolute Gasteiger partial charge is 0.393 e. The van der Waals surface area contributed by atoms with E-state index in [9.17, 15) is 13.5 Å². The van der Waals surface area contributed by atoms with Gasteiger partial charge in [-0.1, -0.05) is 0 Å². The smallest absolute Gasteiger partial charge is 0.150 e. The van der Waals surface area contributed by atoms with Crippen LogP contribution in [0.2, 0.25) is 0 Å². The van der Waals surface area contributed by atoms with E-state index in [0.717, 1.165) is 19.3 Å². The van der Waals surface area contributed by atoms with Crippen LogP contribution in [0.25, 0.3) is 0 Å². The molecule has 11 heavy (non-hydrogen) atoms. The normalized spacial score (nSPS) is 33.6. The molecule has 2 unspecified atom stereocenters. The highest BCUT2D eigenvalue weighted by molar-refractivity contribution is 7.91. The van der Waals surface area contributed by atoms with E-state index in [1.165, 1.54) is 6.26 Å². The topological polar surface area (TPSA) is 54.4 Å². The summed E-state index contributed by atoms with van der Waals surface area (Å²) >= 11 is 0. The summed E-state index contributed by atoms with van der Waals surface area (Å²) in [5.41, 5.74) is 0. The second-order valence-electron chi connectivity index (χ2n) is 3.27. The molecule has 66 valence electrons. The minimum Gasteiger partial charge on any atom is -0.393 e. The highest BCUT2D eigenvalue weighted by Gasteiger charge is 2.27. The summed E-state index contributed by atoms with van der Waals surface area (Å²) < 4.78 is 22.0. The lowest BCUT2D eigenvalue weighted by molar-refractivity contribution is 0.131. The average molecular weight is 178 g/mol. The molecule has 1 aliphatic carbocycles. The van der Waals surface area contributed by atoms with Gasteiger partial charge in [-0.05, 0) is 25.7 Å². The molecule has 1 fully saturated rings. The van der Waals surface area contributed by atoms with Gasteiger partial charge in [0.1, 0.15) is 9.84 Å². The van der Waals surface area contributed by atoms with Gasteiger partial charge in [0.2, 0.25) is 0 Å². The predicted molar refractivity (Wildman–Crippen MR) is 43.1 cm³/mol. The highest BCUT2D eigenvalue weighted by atomic mass is 32.2. The van der Waals surface area contributed by atoms with Crippen molar-refractivity contribution < 1.29 is 13.5 Å². The summed E-state index contributed by atoms with van der Waals surface area (Å²) in [4.78, 5) is 0. The summed E-state index contributed by atoms with van der Waals surface area (Å²) in [6, 6.07) is 0. The SMILES string of the molecule is CS(=O)(=O)C1CCCC(O)C1. The van der Waals surface area contributed by atoms with Crippen molar-refractivity contribution in [1.82, 2.24) is 0 Å². The maximum absolute atomic E-state index is 11.0. The zero-order valence-corrected chi connectivity index (χ0v) is 7.47. The van der Waals surface area contributed by atoms with Crippen molar-refractivity contribution in [2.45, 2.75) is 37.0 Å². The molecule has 1 saturated carbocycles. The Bertz CT molecular complexity index is 220. The third-order valence-corrected chi connectivity index (χ3v) is 3.84. The number of hydrogen-bond acceptors (Lipinski definition) is 3. The van der Waals surface area contributed by atoms with E-state index in [-0.39, 0.29) is 5.25 Å². The Morgan fingerprint density at radius 1 is 1.36 bits per heavy atom. The molecule has 0 amide bonds. The predicted octanol–water partition coefficient (Wildman–Crippen LogP) is 0.335. The number of aliphatic hydroxyl groups is 1. The molecule has 0 aromatic carbocycles. The zero-order chi connectivity index (χ0) is 8.48. The van der Waals surface area contributed by atoms with Crippen LogP contribution in [-0.2, 0) is 9.84 Å². The van der Waals surface area contributed by atoms with Crippen LogP contribution in [0.1, 0.15) is 25.7 Å². The molecular formula is C7H14O3S. The fourth-order valence-electron chi connectivity index (χ4n) is 1.51. The lowest BCUT2D eigenvalue weighted by atomic mass is 9.97. The Morgan fingerprint density at radius 3 is 2.36 bits per heavy atom. The van der Waals surface area contributed by atoms with Crippen LogP contribution in [0.15, 0.2) is 0 Å². The molecule has 0 aromatic heterocycles. The molecule has 1 aliphatic rings. The van der Waals surface area contributed by atoms with Crippen LogP contribution in [0.5, 0.6) is 0 Å². The first kappa shape index (κ1) is 9.00. The molecule has 2 atom stereocenters. The van der Waals surface area contributed by atoms with Crippen LogP contribution in [0, 0.1) is 0 Å². The Morgan fingerprint density at radius 2 is 2.00 bits per heavy atom. The van der Waals surface area contributed by atoms with Gasteiger partial charge in [-0.25, -0.2) is 8.42 Å². The molecule has 4 heteroatoms. The zero-order valence-electron chi connectivity index (χ0n) is 6.66. The summed E-state index contributed by atoms with van der Waals surface area (Å²) in [7, 11) is -2.92. The Hall–Kier alpha value is -0.0900. The van der Waals surface area contributed by atoms with Gasteiger partial charge in [0.15, 0.2) is 0 Å². The Kier molecular flexibility index (Phi) is 2.54. The van der Waals surface area contributed by atoms with Crippen molar-refractivity contribution in [2.24, 2.45) is 0 Å². The molecule has 3 nitrogen and oxygen atoms in total. The van der Waals surface area contributed by atoms with Crippen molar-refractivity contribution in [2.75, 3.05) is 6.26 Å². The molecule has 0 aromatic rings. The minimum atomic E-state index is -2.92. The van der Waals surface area contributed by atoms with Gasteiger partial charge < -0.3 is 5.11 Å². The molecular weight excluding hydrogens is 164 g/mol. The van der Waals surface area contributed by atoms with Gasteiger partial charge in [-0.15, -0.1) is 0 Å². The van der Waals surface area contributed by atoms with E-state index >= 15 is 0 Å². The standard InChI is InChI=1S/C7H14O3S/c1-11(9,10)7-4-2-3-6(8)5-7/h6-8H,2-5H2,1H3. The molecule has 0 spiro atoms. The number of rotatable bonds is 1. The first-order valence-electron chi connectivity index (χ1n) is 3.87. The van der Waals surface area contributed by atoms with E-state index < -0.39 is 15.9 Å². The van der Waals surface area contributed by atoms with Gasteiger partial charge in [0.25, 0.3) is 0 Å². The first-order valence-corrected chi connectivity index (χ1v) is 5.82. The van der Waals surface area contributed by atoms with Crippen molar-refractivity contribution >= 4 is 9.84 Å². The lowest BCUT2D eigenvalue weighted by Crippen LogP contribution is -2.29. The monoisotopic (exact) mass is 178 g/mol. The number of aliphatic hydroxyl groups excluding tert-OH is 1. The molecule has 0 saturated heterocycles. The quantitative estimate of drug-likeness (QED) is 0.629. The van der Waals surface area contributed by atoms with Gasteiger partial charge in [0, 0.05) is 6.26 Å². The second-order valence-corrected chi connectivity index (χ2v) is 5.60. The minimum absolute atomic E-state index is 0.300. The van der Waals surface area contributed by atoms with Gasteiger partial charge in [-0.3, -0.25) is 0 Å². The molecule has 0 bridgehead atoms. The van der Waals surface area contributed by atoms with Crippen molar-refractivity contribution in [3.05, 3.63) is 0 Å². The molecule has 0 radical (unpaired) electrons. The van der Waals surface area contributed by atoms with E-state index in [1.54, 1.807) is 0 Å². The maximum Gasteiger partial charge on any atom is 0.150 e. The van der Waals surface area contributed by atoms with Gasteiger partial charge in [-0.2, -0.15) is 0 Å². The van der Waals surface area contributed by atoms with E-state index in [2.05, 4.69) is 0 Å². The van der Waals surface area contributed by atoms with Gasteiger partial charge in [0.05, 0.1) is 11.4 Å². The third-order valence-electron chi connectivity index (χ3n) is 2.20. The molecule has 0 aliphatic heterocycles. The summed E-state index contributed by atoms with van der Waals surface area (Å²) in [5, 5.41) is 8.88. The van der Waals surface area contributed by atoms with Crippen molar-refractivity contribution in [3.8, 4) is 0 Å². The maximum atomic E-state index is 11.0. The van der Waals surface area contributed by atoms with Gasteiger partial charge >= 0.3 is 0 Å². The fraction of sp³-hybridized carbons (Fsp3) is 1.00. The second kappa shape index (κ2) is 3.11.